The maximum atomic E-state index is 11.1. The molecule has 1 fully saturated rings. The van der Waals surface area contributed by atoms with Gasteiger partial charge in [-0.15, -0.1) is 10.2 Å². The summed E-state index contributed by atoms with van der Waals surface area (Å²) in [4.78, 5) is 0. The molecule has 1 aliphatic heterocycles. The quantitative estimate of drug-likeness (QED) is 0.854. The minimum Gasteiger partial charge on any atom is -0.492 e. The Morgan fingerprint density at radius 3 is 2.65 bits per heavy atom. The predicted octanol–water partition coefficient (Wildman–Crippen LogP) is 2.63. The number of nitrogens with zero attached hydrogens (tertiary/aromatic N) is 3. The van der Waals surface area contributed by atoms with Crippen LogP contribution < -0.4 is 9.47 Å². The molecule has 2 N–H and O–H groups in total. The van der Waals surface area contributed by atoms with Crippen molar-refractivity contribution < 1.29 is 19.7 Å². The van der Waals surface area contributed by atoms with Crippen LogP contribution in [0.3, 0.4) is 0 Å². The van der Waals surface area contributed by atoms with Crippen molar-refractivity contribution in [2.45, 2.75) is 49.9 Å². The van der Waals surface area contributed by atoms with Gasteiger partial charge in [0.1, 0.15) is 17.5 Å². The number of benzene rings is 1. The Morgan fingerprint density at radius 2 is 1.96 bits per heavy atom. The van der Waals surface area contributed by atoms with Crippen LogP contribution >= 0.6 is 0 Å². The van der Waals surface area contributed by atoms with Crippen molar-refractivity contribution in [3.8, 4) is 23.6 Å². The lowest BCUT2D eigenvalue weighted by atomic mass is 9.75. The largest absolute Gasteiger partial charge is 0.492 e. The Balaban J connectivity index is 1.75. The predicted molar refractivity (Wildman–Crippen MR) is 90.7 cm³/mol. The summed E-state index contributed by atoms with van der Waals surface area (Å²) in [6, 6.07) is 10.1. The van der Waals surface area contributed by atoms with Gasteiger partial charge in [0.2, 0.25) is 11.8 Å². The van der Waals surface area contributed by atoms with Crippen molar-refractivity contribution in [2.75, 3.05) is 0 Å². The Hall–Kier alpha value is -2.85. The van der Waals surface area contributed by atoms with Crippen LogP contribution in [0.25, 0.3) is 0 Å². The fraction of sp³-hybridized carbons (Fsp3) is 0.421. The highest BCUT2D eigenvalue weighted by atomic mass is 16.5. The second kappa shape index (κ2) is 6.46. The van der Waals surface area contributed by atoms with Gasteiger partial charge in [0.15, 0.2) is 6.10 Å². The molecule has 0 bridgehead atoms. The monoisotopic (exact) mass is 353 g/mol. The molecule has 7 nitrogen and oxygen atoms in total. The van der Waals surface area contributed by atoms with Crippen LogP contribution in [0.15, 0.2) is 30.3 Å². The average Bonchev–Trinajstić information content (AvgIpc) is 2.67. The van der Waals surface area contributed by atoms with Crippen LogP contribution in [0.2, 0.25) is 0 Å². The third-order valence-electron chi connectivity index (χ3n) is 5.16. The number of ether oxygens (including phenoxy) is 2. The van der Waals surface area contributed by atoms with Crippen molar-refractivity contribution in [2.24, 2.45) is 0 Å². The maximum absolute atomic E-state index is 11.1. The van der Waals surface area contributed by atoms with Gasteiger partial charge in [-0.1, -0.05) is 6.42 Å². The first-order chi connectivity index (χ1) is 12.6. The van der Waals surface area contributed by atoms with E-state index in [1.807, 2.05) is 0 Å². The lowest BCUT2D eigenvalue weighted by molar-refractivity contribution is -0.137. The highest BCUT2D eigenvalue weighted by Crippen LogP contribution is 2.47. The van der Waals surface area contributed by atoms with Crippen molar-refractivity contribution in [3.05, 3.63) is 41.5 Å². The molecular weight excluding hydrogens is 334 g/mol. The molecule has 7 heteroatoms. The molecule has 0 radical (unpaired) electrons. The molecule has 4 rings (SSSR count). The normalized spacial score (nSPS) is 23.5. The molecule has 2 heterocycles. The van der Waals surface area contributed by atoms with Crippen molar-refractivity contribution in [1.29, 1.82) is 5.26 Å². The summed E-state index contributed by atoms with van der Waals surface area (Å²) in [6.07, 6.45) is 2.93. The topological polar surface area (TPSA) is 108 Å². The Morgan fingerprint density at radius 1 is 1.15 bits per heavy atom. The molecule has 26 heavy (non-hydrogen) atoms. The Labute approximate surface area is 150 Å². The van der Waals surface area contributed by atoms with E-state index in [9.17, 15) is 15.5 Å². The molecule has 1 saturated carbocycles. The first-order valence-corrected chi connectivity index (χ1v) is 8.72. The van der Waals surface area contributed by atoms with Gasteiger partial charge in [-0.05, 0) is 43.9 Å². The fourth-order valence-electron chi connectivity index (χ4n) is 3.84. The number of aliphatic hydroxyl groups is 1. The van der Waals surface area contributed by atoms with E-state index >= 15 is 0 Å². The lowest BCUT2D eigenvalue weighted by Gasteiger charge is -2.47. The van der Waals surface area contributed by atoms with E-state index in [4.69, 9.17) is 9.47 Å². The summed E-state index contributed by atoms with van der Waals surface area (Å²) in [5, 5.41) is 37.0. The summed E-state index contributed by atoms with van der Waals surface area (Å²) in [6.45, 7) is 0. The second-order valence-electron chi connectivity index (χ2n) is 6.80. The van der Waals surface area contributed by atoms with Gasteiger partial charge in [-0.3, -0.25) is 0 Å². The molecule has 134 valence electrons. The van der Waals surface area contributed by atoms with E-state index in [0.717, 1.165) is 32.1 Å². The van der Waals surface area contributed by atoms with Crippen molar-refractivity contribution in [1.82, 2.24) is 10.2 Å². The summed E-state index contributed by atoms with van der Waals surface area (Å²) >= 11 is 0. The Bertz CT molecular complexity index is 841. The molecule has 2 atom stereocenters. The summed E-state index contributed by atoms with van der Waals surface area (Å²) in [5.74, 6) is 0.599. The molecule has 2 aliphatic rings. The molecule has 1 aromatic carbocycles. The fourth-order valence-corrected chi connectivity index (χ4v) is 3.84. The minimum atomic E-state index is -0.903. The van der Waals surface area contributed by atoms with Gasteiger partial charge in [0, 0.05) is 17.7 Å². The van der Waals surface area contributed by atoms with Gasteiger partial charge in [-0.25, -0.2) is 0 Å². The highest BCUT2D eigenvalue weighted by Gasteiger charge is 2.51. The van der Waals surface area contributed by atoms with E-state index < -0.39 is 17.8 Å². The van der Waals surface area contributed by atoms with E-state index in [-0.39, 0.29) is 11.8 Å². The highest BCUT2D eigenvalue weighted by molar-refractivity contribution is 5.46. The molecule has 1 aliphatic carbocycles. The van der Waals surface area contributed by atoms with E-state index in [0.29, 0.717) is 16.9 Å². The smallest absolute Gasteiger partial charge is 0.234 e. The van der Waals surface area contributed by atoms with Gasteiger partial charge in [0.25, 0.3) is 0 Å². The average molecular weight is 353 g/mol. The molecular formula is C19H19N3O4. The van der Waals surface area contributed by atoms with Gasteiger partial charge < -0.3 is 19.7 Å². The zero-order chi connectivity index (χ0) is 18.1. The van der Waals surface area contributed by atoms with Crippen LogP contribution in [0, 0.1) is 11.3 Å². The van der Waals surface area contributed by atoms with Crippen LogP contribution in [0.4, 0.5) is 0 Å². The number of aromatic hydroxyl groups is 1. The van der Waals surface area contributed by atoms with Crippen molar-refractivity contribution in [3.63, 3.8) is 0 Å². The number of aromatic nitrogens is 2. The number of hydrogen-bond acceptors (Lipinski definition) is 7. The third-order valence-corrected chi connectivity index (χ3v) is 5.16. The number of nitriles is 1. The minimum absolute atomic E-state index is 0.188. The first-order valence-electron chi connectivity index (χ1n) is 8.72. The zero-order valence-electron chi connectivity index (χ0n) is 14.1. The van der Waals surface area contributed by atoms with Gasteiger partial charge in [0.05, 0.1) is 11.6 Å². The van der Waals surface area contributed by atoms with Crippen LogP contribution in [0.1, 0.15) is 49.3 Å². The summed E-state index contributed by atoms with van der Waals surface area (Å²) in [5.41, 5.74) is 0.376. The van der Waals surface area contributed by atoms with Crippen LogP contribution in [-0.2, 0) is 0 Å². The van der Waals surface area contributed by atoms with Crippen molar-refractivity contribution >= 4 is 0 Å². The van der Waals surface area contributed by atoms with Gasteiger partial charge >= 0.3 is 0 Å². The number of rotatable bonds is 2. The molecule has 0 amide bonds. The molecule has 2 aromatic rings. The molecule has 0 saturated heterocycles. The lowest BCUT2D eigenvalue weighted by Crippen LogP contribution is -2.55. The summed E-state index contributed by atoms with van der Waals surface area (Å²) < 4.78 is 12.2. The summed E-state index contributed by atoms with van der Waals surface area (Å²) in [7, 11) is 0. The Kier molecular flexibility index (Phi) is 4.13. The number of aliphatic hydroxyl groups excluding tert-OH is 1. The third kappa shape index (κ3) is 2.82. The van der Waals surface area contributed by atoms with E-state index in [1.165, 1.54) is 12.1 Å². The van der Waals surface area contributed by atoms with Crippen LogP contribution in [-0.4, -0.2) is 32.1 Å². The van der Waals surface area contributed by atoms with Gasteiger partial charge in [-0.2, -0.15) is 5.26 Å². The second-order valence-corrected chi connectivity index (χ2v) is 6.80. The SMILES string of the molecule is N#Cc1ccc2c(c1)C(Oc1ccc(O)nn1)C(O)C1(CCCCC1)O2. The number of hydrogen-bond donors (Lipinski definition) is 2. The zero-order valence-corrected chi connectivity index (χ0v) is 14.1. The van der Waals surface area contributed by atoms with Crippen LogP contribution in [0.5, 0.6) is 17.5 Å². The van der Waals surface area contributed by atoms with E-state index in [2.05, 4.69) is 16.3 Å². The molecule has 1 spiro atoms. The molecule has 2 unspecified atom stereocenters. The van der Waals surface area contributed by atoms with E-state index in [1.54, 1.807) is 18.2 Å². The standard InChI is InChI=1S/C19H19N3O4/c20-11-12-4-5-14-13(10-12)17(25-16-7-6-15(23)21-22-16)18(24)19(26-14)8-2-1-3-9-19/h4-7,10,17-18,24H,1-3,8-9H2,(H,21,23). The molecule has 1 aromatic heterocycles. The number of fused-ring (bicyclic) bond motifs is 1. The first kappa shape index (κ1) is 16.6. The maximum Gasteiger partial charge on any atom is 0.234 e.